The number of carbonyl (C=O) groups excluding carboxylic acids is 1. The predicted molar refractivity (Wildman–Crippen MR) is 87.0 cm³/mol. The maximum absolute atomic E-state index is 13.0. The quantitative estimate of drug-likeness (QED) is 0.746. The van der Waals surface area contributed by atoms with E-state index in [1.54, 1.807) is 24.3 Å². The molecule has 0 amide bonds. The molecule has 6 nitrogen and oxygen atoms in total. The van der Waals surface area contributed by atoms with Crippen LogP contribution in [0.2, 0.25) is 0 Å². The summed E-state index contributed by atoms with van der Waals surface area (Å²) in [7, 11) is 0. The topological polar surface area (TPSA) is 73.0 Å². The first kappa shape index (κ1) is 15.9. The molecular weight excluding hydrogens is 311 g/mol. The molecule has 1 N–H and O–H groups in total. The average Bonchev–Trinajstić information content (AvgIpc) is 3.24. The van der Waals surface area contributed by atoms with Crippen molar-refractivity contribution in [3.05, 3.63) is 54.0 Å². The van der Waals surface area contributed by atoms with Gasteiger partial charge in [-0.15, -0.1) is 5.10 Å². The standard InChI is InChI=1S/C17H17FN4O2/c1-2-4-15(23)22-17(19-11-12-6-8-13(18)9-7-12)20-16(21-22)14-5-3-10-24-14/h3,5-10H,2,4,11H2,1H3,(H,19,20,21). The summed E-state index contributed by atoms with van der Waals surface area (Å²) < 4.78 is 19.5. The van der Waals surface area contributed by atoms with Crippen molar-refractivity contribution >= 4 is 11.9 Å². The number of aromatic nitrogens is 3. The van der Waals surface area contributed by atoms with E-state index in [0.29, 0.717) is 36.9 Å². The molecule has 7 heteroatoms. The fourth-order valence-corrected chi connectivity index (χ4v) is 2.21. The van der Waals surface area contributed by atoms with Crippen LogP contribution in [0.1, 0.15) is 30.1 Å². The highest BCUT2D eigenvalue weighted by molar-refractivity contribution is 5.81. The second-order valence-corrected chi connectivity index (χ2v) is 5.27. The smallest absolute Gasteiger partial charge is 0.250 e. The molecule has 2 heterocycles. The first-order chi connectivity index (χ1) is 11.7. The highest BCUT2D eigenvalue weighted by Gasteiger charge is 2.17. The molecule has 0 aliphatic carbocycles. The first-order valence-electron chi connectivity index (χ1n) is 7.70. The summed E-state index contributed by atoms with van der Waals surface area (Å²) in [6, 6.07) is 9.58. The number of rotatable bonds is 6. The normalized spacial score (nSPS) is 10.8. The average molecular weight is 328 g/mol. The van der Waals surface area contributed by atoms with Gasteiger partial charge >= 0.3 is 0 Å². The summed E-state index contributed by atoms with van der Waals surface area (Å²) in [6.45, 7) is 2.32. The minimum atomic E-state index is -0.292. The van der Waals surface area contributed by atoms with Crippen LogP contribution in [0.25, 0.3) is 11.6 Å². The molecule has 0 saturated carbocycles. The molecular formula is C17H17FN4O2. The van der Waals surface area contributed by atoms with E-state index in [2.05, 4.69) is 15.4 Å². The van der Waals surface area contributed by atoms with Crippen molar-refractivity contribution in [1.29, 1.82) is 0 Å². The van der Waals surface area contributed by atoms with Gasteiger partial charge in [0.15, 0.2) is 5.76 Å². The number of nitrogens with one attached hydrogen (secondary N) is 1. The van der Waals surface area contributed by atoms with Gasteiger partial charge in [0.05, 0.1) is 6.26 Å². The molecule has 0 aliphatic rings. The number of benzene rings is 1. The van der Waals surface area contributed by atoms with Gasteiger partial charge in [-0.2, -0.15) is 9.67 Å². The van der Waals surface area contributed by atoms with Gasteiger partial charge in [-0.3, -0.25) is 4.79 Å². The fraction of sp³-hybridized carbons (Fsp3) is 0.235. The Morgan fingerprint density at radius 1 is 1.29 bits per heavy atom. The third-order valence-corrected chi connectivity index (χ3v) is 3.41. The molecule has 0 radical (unpaired) electrons. The number of anilines is 1. The largest absolute Gasteiger partial charge is 0.461 e. The Balaban J connectivity index is 1.84. The Kier molecular flexibility index (Phi) is 4.69. The van der Waals surface area contributed by atoms with Crippen molar-refractivity contribution in [3.8, 4) is 11.6 Å². The van der Waals surface area contributed by atoms with Crippen LogP contribution in [-0.4, -0.2) is 20.7 Å². The zero-order valence-electron chi connectivity index (χ0n) is 13.2. The van der Waals surface area contributed by atoms with Crippen molar-refractivity contribution < 1.29 is 13.6 Å². The van der Waals surface area contributed by atoms with E-state index in [1.165, 1.54) is 23.1 Å². The lowest BCUT2D eigenvalue weighted by atomic mass is 10.2. The number of hydrogen-bond donors (Lipinski definition) is 1. The van der Waals surface area contributed by atoms with Gasteiger partial charge in [0.1, 0.15) is 5.82 Å². The van der Waals surface area contributed by atoms with Gasteiger partial charge in [0.2, 0.25) is 17.7 Å². The molecule has 1 aromatic carbocycles. The van der Waals surface area contributed by atoms with Gasteiger partial charge < -0.3 is 9.73 Å². The van der Waals surface area contributed by atoms with Gasteiger partial charge in [-0.05, 0) is 36.2 Å². The molecule has 0 atom stereocenters. The maximum atomic E-state index is 13.0. The molecule has 0 aliphatic heterocycles. The molecule has 3 aromatic rings. The highest BCUT2D eigenvalue weighted by Crippen LogP contribution is 2.19. The third-order valence-electron chi connectivity index (χ3n) is 3.41. The molecule has 0 saturated heterocycles. The Bertz CT molecular complexity index is 810. The minimum absolute atomic E-state index is 0.149. The lowest BCUT2D eigenvalue weighted by molar-refractivity contribution is 0.0888. The van der Waals surface area contributed by atoms with E-state index in [9.17, 15) is 9.18 Å². The van der Waals surface area contributed by atoms with Gasteiger partial charge in [0, 0.05) is 13.0 Å². The number of nitrogens with zero attached hydrogens (tertiary/aromatic N) is 3. The number of carbonyl (C=O) groups is 1. The first-order valence-corrected chi connectivity index (χ1v) is 7.70. The van der Waals surface area contributed by atoms with Crippen LogP contribution in [0.5, 0.6) is 0 Å². The number of furan rings is 1. The molecule has 2 aromatic heterocycles. The van der Waals surface area contributed by atoms with Crippen LogP contribution in [0.15, 0.2) is 47.1 Å². The summed E-state index contributed by atoms with van der Waals surface area (Å²) in [5.74, 6) is 0.725. The summed E-state index contributed by atoms with van der Waals surface area (Å²) in [5, 5.41) is 7.31. The lowest BCUT2D eigenvalue weighted by Crippen LogP contribution is -2.16. The van der Waals surface area contributed by atoms with Gasteiger partial charge in [-0.25, -0.2) is 4.39 Å². The third kappa shape index (κ3) is 3.51. The summed E-state index contributed by atoms with van der Waals surface area (Å²) in [5.41, 5.74) is 0.869. The molecule has 124 valence electrons. The van der Waals surface area contributed by atoms with E-state index < -0.39 is 0 Å². The van der Waals surface area contributed by atoms with Crippen LogP contribution in [0.4, 0.5) is 10.3 Å². The SMILES string of the molecule is CCCC(=O)n1nc(-c2ccco2)nc1NCc1ccc(F)cc1. The zero-order chi connectivity index (χ0) is 16.9. The maximum Gasteiger partial charge on any atom is 0.250 e. The summed E-state index contributed by atoms with van der Waals surface area (Å²) in [6.07, 6.45) is 2.61. The van der Waals surface area contributed by atoms with Crippen LogP contribution in [0, 0.1) is 5.82 Å². The predicted octanol–water partition coefficient (Wildman–Crippen LogP) is 3.73. The van der Waals surface area contributed by atoms with Crippen molar-refractivity contribution in [2.75, 3.05) is 5.32 Å². The van der Waals surface area contributed by atoms with E-state index in [-0.39, 0.29) is 11.7 Å². The Labute approximate surface area is 138 Å². The second kappa shape index (κ2) is 7.08. The van der Waals surface area contributed by atoms with Crippen LogP contribution in [-0.2, 0) is 6.54 Å². The molecule has 3 rings (SSSR count). The van der Waals surface area contributed by atoms with Gasteiger partial charge in [0.25, 0.3) is 0 Å². The summed E-state index contributed by atoms with van der Waals surface area (Å²) in [4.78, 5) is 16.6. The fourth-order valence-electron chi connectivity index (χ4n) is 2.21. The van der Waals surface area contributed by atoms with Crippen molar-refractivity contribution in [2.45, 2.75) is 26.3 Å². The molecule has 0 spiro atoms. The molecule has 0 bridgehead atoms. The van der Waals surface area contributed by atoms with E-state index in [4.69, 9.17) is 4.42 Å². The Morgan fingerprint density at radius 3 is 2.75 bits per heavy atom. The minimum Gasteiger partial charge on any atom is -0.461 e. The van der Waals surface area contributed by atoms with Crippen LogP contribution >= 0.6 is 0 Å². The van der Waals surface area contributed by atoms with Crippen molar-refractivity contribution in [3.63, 3.8) is 0 Å². The molecule has 24 heavy (non-hydrogen) atoms. The van der Waals surface area contributed by atoms with E-state index >= 15 is 0 Å². The van der Waals surface area contributed by atoms with E-state index in [1.807, 2.05) is 6.92 Å². The molecule has 0 fully saturated rings. The number of halogens is 1. The van der Waals surface area contributed by atoms with E-state index in [0.717, 1.165) is 5.56 Å². The Morgan fingerprint density at radius 2 is 2.08 bits per heavy atom. The van der Waals surface area contributed by atoms with Crippen LogP contribution < -0.4 is 5.32 Å². The summed E-state index contributed by atoms with van der Waals surface area (Å²) >= 11 is 0. The van der Waals surface area contributed by atoms with Crippen LogP contribution in [0.3, 0.4) is 0 Å². The van der Waals surface area contributed by atoms with Crippen molar-refractivity contribution in [2.24, 2.45) is 0 Å². The van der Waals surface area contributed by atoms with Crippen molar-refractivity contribution in [1.82, 2.24) is 14.8 Å². The zero-order valence-corrected chi connectivity index (χ0v) is 13.2. The second-order valence-electron chi connectivity index (χ2n) is 5.27. The number of hydrogen-bond acceptors (Lipinski definition) is 5. The monoisotopic (exact) mass is 328 g/mol. The molecule has 0 unspecified atom stereocenters. The van der Waals surface area contributed by atoms with Gasteiger partial charge in [-0.1, -0.05) is 19.1 Å². The Hall–Kier alpha value is -2.96. The highest BCUT2D eigenvalue weighted by atomic mass is 19.1. The lowest BCUT2D eigenvalue weighted by Gasteiger charge is -2.06.